The minimum absolute atomic E-state index is 0.0211. The number of furan rings is 1. The van der Waals surface area contributed by atoms with Crippen molar-refractivity contribution in [2.45, 2.75) is 51.3 Å². The van der Waals surface area contributed by atoms with Crippen molar-refractivity contribution in [3.8, 4) is 0 Å². The Labute approximate surface area is 270 Å². The van der Waals surface area contributed by atoms with Crippen molar-refractivity contribution in [3.63, 3.8) is 0 Å². The number of benzene rings is 2. The second-order valence-corrected chi connectivity index (χ2v) is 12.7. The first-order valence-corrected chi connectivity index (χ1v) is 16.4. The van der Waals surface area contributed by atoms with E-state index in [1.165, 1.54) is 27.5 Å². The summed E-state index contributed by atoms with van der Waals surface area (Å²) in [6, 6.07) is 17.1. The molecule has 0 fully saturated rings. The number of rotatable bonds is 4. The highest BCUT2D eigenvalue weighted by atomic mass is 16.3. The van der Waals surface area contributed by atoms with Crippen LogP contribution in [0.3, 0.4) is 0 Å². The summed E-state index contributed by atoms with van der Waals surface area (Å²) in [7, 11) is 0. The van der Waals surface area contributed by atoms with Crippen molar-refractivity contribution in [2.75, 3.05) is 0 Å². The van der Waals surface area contributed by atoms with Crippen LogP contribution in [-0.4, -0.2) is 0 Å². The smallest absolute Gasteiger partial charge is 0.139 e. The Bertz CT molecular complexity index is 2460. The summed E-state index contributed by atoms with van der Waals surface area (Å²) in [6.07, 6.45) is 25.0. The normalized spacial score (nSPS) is 28.7. The van der Waals surface area contributed by atoms with Gasteiger partial charge in [0.2, 0.25) is 0 Å². The van der Waals surface area contributed by atoms with Gasteiger partial charge in [0.15, 0.2) is 0 Å². The maximum Gasteiger partial charge on any atom is 0.139 e. The van der Waals surface area contributed by atoms with Gasteiger partial charge >= 0.3 is 0 Å². The summed E-state index contributed by atoms with van der Waals surface area (Å²) < 4.78 is 44.1. The summed E-state index contributed by atoms with van der Waals surface area (Å²) in [6.45, 7) is 0. The van der Waals surface area contributed by atoms with E-state index in [9.17, 15) is 5.48 Å². The minimum Gasteiger partial charge on any atom is -0.456 e. The third kappa shape index (κ3) is 4.44. The molecular formula is C44H38O. The van der Waals surface area contributed by atoms with Gasteiger partial charge in [-0.1, -0.05) is 115 Å². The lowest BCUT2D eigenvalue weighted by molar-refractivity contribution is 0.566. The molecule has 0 spiro atoms. The largest absolute Gasteiger partial charge is 0.456 e. The van der Waals surface area contributed by atoms with Crippen molar-refractivity contribution < 1.29 is 9.90 Å². The average molecular weight is 587 g/mol. The lowest BCUT2D eigenvalue weighted by Gasteiger charge is -2.36. The van der Waals surface area contributed by atoms with E-state index in [4.69, 9.17) is 4.42 Å². The molecule has 6 aliphatic rings. The van der Waals surface area contributed by atoms with Gasteiger partial charge in [0.25, 0.3) is 0 Å². The Morgan fingerprint density at radius 1 is 0.622 bits per heavy atom. The molecule has 3 aromatic rings. The molecule has 9 rings (SSSR count). The van der Waals surface area contributed by atoms with Gasteiger partial charge in [0.1, 0.15) is 11.0 Å². The highest BCUT2D eigenvalue weighted by Gasteiger charge is 2.35. The van der Waals surface area contributed by atoms with E-state index < -0.39 is 12.8 Å². The van der Waals surface area contributed by atoms with Gasteiger partial charge in [0, 0.05) is 25.2 Å². The lowest BCUT2D eigenvalue weighted by atomic mass is 9.67. The molecule has 0 aliphatic heterocycles. The Morgan fingerprint density at radius 3 is 2.04 bits per heavy atom. The predicted octanol–water partition coefficient (Wildman–Crippen LogP) is 8.10. The molecule has 0 saturated carbocycles. The van der Waals surface area contributed by atoms with Crippen molar-refractivity contribution in [1.29, 1.82) is 0 Å². The predicted molar refractivity (Wildman–Crippen MR) is 188 cm³/mol. The molecule has 45 heavy (non-hydrogen) atoms. The first kappa shape index (κ1) is 22.8. The van der Waals surface area contributed by atoms with E-state index in [0.717, 1.165) is 76.5 Å². The molecule has 1 nitrogen and oxygen atoms in total. The molecule has 0 radical (unpaired) electrons. The summed E-state index contributed by atoms with van der Waals surface area (Å²) in [5, 5.41) is 4.46. The van der Waals surface area contributed by atoms with Crippen LogP contribution < -0.4 is 21.1 Å². The first-order valence-electron chi connectivity index (χ1n) is 18.6. The molecule has 0 bridgehead atoms. The van der Waals surface area contributed by atoms with Gasteiger partial charge in [-0.05, 0) is 112 Å². The van der Waals surface area contributed by atoms with Gasteiger partial charge in [-0.15, -0.1) is 0 Å². The monoisotopic (exact) mass is 586 g/mol. The van der Waals surface area contributed by atoms with Gasteiger partial charge in [0.05, 0.1) is 2.74 Å². The van der Waals surface area contributed by atoms with Gasteiger partial charge < -0.3 is 4.42 Å². The van der Waals surface area contributed by atoms with Crippen LogP contribution in [0.5, 0.6) is 0 Å². The zero-order valence-corrected chi connectivity index (χ0v) is 25.4. The highest BCUT2D eigenvalue weighted by molar-refractivity contribution is 5.99. The summed E-state index contributed by atoms with van der Waals surface area (Å²) in [5.41, 5.74) is 10.1. The third-order valence-corrected chi connectivity index (χ3v) is 10.2. The molecule has 4 atom stereocenters. The zero-order valence-electron chi connectivity index (χ0n) is 29.4. The van der Waals surface area contributed by atoms with Crippen LogP contribution in [0, 0.1) is 11.8 Å². The van der Waals surface area contributed by atoms with Crippen LogP contribution >= 0.6 is 0 Å². The van der Waals surface area contributed by atoms with E-state index in [1.807, 2.05) is 24.3 Å². The maximum absolute atomic E-state index is 9.49. The fourth-order valence-corrected chi connectivity index (χ4v) is 8.19. The molecule has 1 heteroatoms. The number of hydrogen-bond donors (Lipinski definition) is 0. The van der Waals surface area contributed by atoms with E-state index in [-0.39, 0.29) is 23.9 Å². The number of para-hydroxylation sites is 1. The van der Waals surface area contributed by atoms with Gasteiger partial charge in [-0.25, -0.2) is 0 Å². The molecule has 6 aliphatic carbocycles. The highest BCUT2D eigenvalue weighted by Crippen LogP contribution is 2.44. The summed E-state index contributed by atoms with van der Waals surface area (Å²) in [5.74, 6) is -0.144. The van der Waals surface area contributed by atoms with Crippen molar-refractivity contribution in [3.05, 3.63) is 165 Å². The van der Waals surface area contributed by atoms with Crippen LogP contribution in [0.15, 0.2) is 148 Å². The Balaban J connectivity index is 1.39. The van der Waals surface area contributed by atoms with Crippen LogP contribution in [0.4, 0.5) is 0 Å². The Hall–Kier alpha value is -4.62. The van der Waals surface area contributed by atoms with Crippen molar-refractivity contribution in [1.82, 2.24) is 0 Å². The Morgan fingerprint density at radius 2 is 1.27 bits per heavy atom. The molecule has 0 saturated heterocycles. The number of hydrogen-bond acceptors (Lipinski definition) is 1. The van der Waals surface area contributed by atoms with E-state index >= 15 is 0 Å². The first-order chi connectivity index (χ1) is 24.0. The van der Waals surface area contributed by atoms with Gasteiger partial charge in [-0.2, -0.15) is 0 Å². The second kappa shape index (κ2) is 11.1. The van der Waals surface area contributed by atoms with Gasteiger partial charge in [-0.3, -0.25) is 0 Å². The molecule has 4 unspecified atom stereocenters. The standard InChI is InChI=1S/C44H38O/c1-3-13-29(14-4-1)30-23-25-32(26-24-30)41-34-17-7-9-19-36(34)42(37-20-10-8-18-35(37)41)39-28-27-33(31-15-5-2-6-16-31)44-43(39)38-21-11-12-22-40(38)45-44/h1-3,5,7-13,15,17-23,25,34,36H,4,6,14,16,24,26-28H2/i23D,24D,25D,26D. The van der Waals surface area contributed by atoms with Crippen molar-refractivity contribution >= 4 is 33.3 Å². The fraction of sp³-hybridized carbons (Fsp3) is 0.227. The third-order valence-electron chi connectivity index (χ3n) is 10.2. The number of allylic oxidation sites excluding steroid dienone is 16. The minimum atomic E-state index is -0.963. The SMILES string of the molecule is [2H]C1=C(C2=CC=CCC2)C([2H])C([2H])C(C2=c3ccccc3=C(C3=c4c(oc5ccccc45)=C(C4=CC=CCC4)CC3)C3C=CC=CC23)=C1[2H]. The maximum atomic E-state index is 9.49. The Kier molecular flexibility index (Phi) is 5.62. The topological polar surface area (TPSA) is 13.1 Å². The zero-order chi connectivity index (χ0) is 33.2. The molecular weight excluding hydrogens is 544 g/mol. The van der Waals surface area contributed by atoms with Crippen LogP contribution in [-0.2, 0) is 0 Å². The molecule has 2 aromatic carbocycles. The lowest BCUT2D eigenvalue weighted by Crippen LogP contribution is -2.42. The van der Waals surface area contributed by atoms with E-state index in [1.54, 1.807) is 0 Å². The molecule has 1 heterocycles. The average Bonchev–Trinajstić information content (AvgIpc) is 3.54. The number of fused-ring (bicyclic) bond motifs is 5. The summed E-state index contributed by atoms with van der Waals surface area (Å²) >= 11 is 0. The second-order valence-electron chi connectivity index (χ2n) is 12.7. The van der Waals surface area contributed by atoms with E-state index in [2.05, 4.69) is 85.0 Å². The molecule has 0 N–H and O–H groups in total. The van der Waals surface area contributed by atoms with Crippen LogP contribution in [0.1, 0.15) is 56.8 Å². The molecule has 220 valence electrons. The fourth-order valence-electron chi connectivity index (χ4n) is 8.19. The molecule has 1 aromatic heterocycles. The van der Waals surface area contributed by atoms with Crippen LogP contribution in [0.2, 0.25) is 0 Å². The van der Waals surface area contributed by atoms with Crippen LogP contribution in [0.25, 0.3) is 33.3 Å². The summed E-state index contributed by atoms with van der Waals surface area (Å²) in [4.78, 5) is 0. The van der Waals surface area contributed by atoms with Crippen molar-refractivity contribution in [2.24, 2.45) is 11.8 Å². The molecule has 0 amide bonds. The quantitative estimate of drug-likeness (QED) is 0.301. The van der Waals surface area contributed by atoms with E-state index in [0.29, 0.717) is 11.1 Å².